The Labute approximate surface area is 73.0 Å². The van der Waals surface area contributed by atoms with Gasteiger partial charge in [0.05, 0.1) is 12.4 Å². The first-order valence-corrected chi connectivity index (χ1v) is 5.87. The molecule has 2 N–H and O–H groups in total. The molecule has 0 saturated heterocycles. The topological polar surface area (TPSA) is 66.4 Å². The zero-order valence-electron chi connectivity index (χ0n) is 6.99. The SMILES string of the molecule is O=S(=O)(CCO)NCCC1CC1. The predicted molar refractivity (Wildman–Crippen MR) is 46.2 cm³/mol. The molecule has 0 atom stereocenters. The maximum atomic E-state index is 11.0. The van der Waals surface area contributed by atoms with Crippen LogP contribution in [0.4, 0.5) is 0 Å². The van der Waals surface area contributed by atoms with E-state index in [-0.39, 0.29) is 12.4 Å². The molecule has 0 heterocycles. The smallest absolute Gasteiger partial charge is 0.213 e. The van der Waals surface area contributed by atoms with Crippen molar-refractivity contribution in [1.29, 1.82) is 0 Å². The molecule has 1 aliphatic carbocycles. The molecule has 0 spiro atoms. The standard InChI is InChI=1S/C7H15NO3S/c9-5-6-12(10,11)8-4-3-7-1-2-7/h7-9H,1-6H2. The minimum Gasteiger partial charge on any atom is -0.395 e. The summed E-state index contributed by atoms with van der Waals surface area (Å²) in [4.78, 5) is 0. The Balaban J connectivity index is 2.10. The van der Waals surface area contributed by atoms with E-state index in [4.69, 9.17) is 5.11 Å². The molecular weight excluding hydrogens is 178 g/mol. The fraction of sp³-hybridized carbons (Fsp3) is 1.00. The Bertz CT molecular complexity index is 221. The van der Waals surface area contributed by atoms with Crippen molar-refractivity contribution in [3.63, 3.8) is 0 Å². The van der Waals surface area contributed by atoms with E-state index in [0.29, 0.717) is 6.54 Å². The summed E-state index contributed by atoms with van der Waals surface area (Å²) in [6, 6.07) is 0. The highest BCUT2D eigenvalue weighted by Gasteiger charge is 2.21. The second kappa shape index (κ2) is 4.20. The largest absolute Gasteiger partial charge is 0.395 e. The van der Waals surface area contributed by atoms with Gasteiger partial charge in [0.1, 0.15) is 0 Å². The molecule has 1 aliphatic rings. The summed E-state index contributed by atoms with van der Waals surface area (Å²) in [5.41, 5.74) is 0. The molecule has 5 heteroatoms. The molecule has 0 aromatic rings. The second-order valence-corrected chi connectivity index (χ2v) is 5.10. The van der Waals surface area contributed by atoms with Crippen LogP contribution in [0.3, 0.4) is 0 Å². The molecule has 0 aliphatic heterocycles. The summed E-state index contributed by atoms with van der Waals surface area (Å²) in [5.74, 6) is 0.555. The van der Waals surface area contributed by atoms with Crippen LogP contribution in [0.1, 0.15) is 19.3 Å². The molecule has 0 bridgehead atoms. The van der Waals surface area contributed by atoms with Crippen molar-refractivity contribution in [3.05, 3.63) is 0 Å². The van der Waals surface area contributed by atoms with Crippen molar-refractivity contribution in [2.45, 2.75) is 19.3 Å². The fourth-order valence-electron chi connectivity index (χ4n) is 1.02. The van der Waals surface area contributed by atoms with Crippen LogP contribution in [0.2, 0.25) is 0 Å². The Morgan fingerprint density at radius 1 is 1.42 bits per heavy atom. The van der Waals surface area contributed by atoms with Gasteiger partial charge in [0.15, 0.2) is 0 Å². The Hall–Kier alpha value is -0.130. The monoisotopic (exact) mass is 193 g/mol. The summed E-state index contributed by atoms with van der Waals surface area (Å²) < 4.78 is 24.4. The zero-order valence-corrected chi connectivity index (χ0v) is 7.81. The van der Waals surface area contributed by atoms with E-state index in [2.05, 4.69) is 4.72 Å². The number of aliphatic hydroxyl groups is 1. The number of hydrogen-bond donors (Lipinski definition) is 2. The predicted octanol–water partition coefficient (Wildman–Crippen LogP) is -0.302. The molecule has 12 heavy (non-hydrogen) atoms. The van der Waals surface area contributed by atoms with Crippen molar-refractivity contribution >= 4 is 10.0 Å². The van der Waals surface area contributed by atoms with Crippen molar-refractivity contribution in [3.8, 4) is 0 Å². The molecule has 0 amide bonds. The van der Waals surface area contributed by atoms with E-state index in [9.17, 15) is 8.42 Å². The lowest BCUT2D eigenvalue weighted by Crippen LogP contribution is -2.28. The molecule has 4 nitrogen and oxygen atoms in total. The van der Waals surface area contributed by atoms with Crippen LogP contribution in [0.15, 0.2) is 0 Å². The first kappa shape index (κ1) is 9.95. The highest BCUT2D eigenvalue weighted by Crippen LogP contribution is 2.31. The Morgan fingerprint density at radius 3 is 2.58 bits per heavy atom. The van der Waals surface area contributed by atoms with Gasteiger partial charge in [-0.05, 0) is 12.3 Å². The Morgan fingerprint density at radius 2 is 2.08 bits per heavy atom. The van der Waals surface area contributed by atoms with Gasteiger partial charge in [-0.1, -0.05) is 12.8 Å². The van der Waals surface area contributed by atoms with Gasteiger partial charge in [0.25, 0.3) is 0 Å². The molecular formula is C7H15NO3S. The third-order valence-electron chi connectivity index (χ3n) is 1.93. The van der Waals surface area contributed by atoms with Crippen LogP contribution in [-0.4, -0.2) is 32.4 Å². The van der Waals surface area contributed by atoms with Crippen LogP contribution >= 0.6 is 0 Å². The third kappa shape index (κ3) is 4.04. The van der Waals surface area contributed by atoms with E-state index >= 15 is 0 Å². The number of hydrogen-bond acceptors (Lipinski definition) is 3. The molecule has 0 radical (unpaired) electrons. The van der Waals surface area contributed by atoms with Crippen molar-refractivity contribution in [1.82, 2.24) is 4.72 Å². The van der Waals surface area contributed by atoms with Crippen LogP contribution in [-0.2, 0) is 10.0 Å². The fourth-order valence-corrected chi connectivity index (χ4v) is 1.83. The van der Waals surface area contributed by atoms with Gasteiger partial charge in [-0.2, -0.15) is 0 Å². The molecule has 0 unspecified atom stereocenters. The molecule has 0 aromatic carbocycles. The summed E-state index contributed by atoms with van der Waals surface area (Å²) in [5, 5.41) is 8.40. The van der Waals surface area contributed by atoms with Gasteiger partial charge in [0.2, 0.25) is 10.0 Å². The van der Waals surface area contributed by atoms with E-state index in [1.807, 2.05) is 0 Å². The van der Waals surface area contributed by atoms with Gasteiger partial charge in [-0.3, -0.25) is 0 Å². The number of sulfonamides is 1. The average molecular weight is 193 g/mol. The molecule has 1 saturated carbocycles. The van der Waals surface area contributed by atoms with Gasteiger partial charge in [-0.25, -0.2) is 13.1 Å². The summed E-state index contributed by atoms with van der Waals surface area (Å²) in [6.45, 7) is 0.214. The van der Waals surface area contributed by atoms with E-state index in [1.165, 1.54) is 12.8 Å². The summed E-state index contributed by atoms with van der Waals surface area (Å²) in [6.07, 6.45) is 3.41. The lowest BCUT2D eigenvalue weighted by Gasteiger charge is -2.03. The lowest BCUT2D eigenvalue weighted by atomic mass is 10.3. The number of nitrogens with one attached hydrogen (secondary N) is 1. The quantitative estimate of drug-likeness (QED) is 0.608. The number of aliphatic hydroxyl groups excluding tert-OH is 1. The molecule has 0 aromatic heterocycles. The summed E-state index contributed by atoms with van der Waals surface area (Å²) in [7, 11) is -3.20. The third-order valence-corrected chi connectivity index (χ3v) is 3.30. The van der Waals surface area contributed by atoms with Crippen molar-refractivity contribution < 1.29 is 13.5 Å². The van der Waals surface area contributed by atoms with Crippen molar-refractivity contribution in [2.75, 3.05) is 18.9 Å². The van der Waals surface area contributed by atoms with E-state index in [1.54, 1.807) is 0 Å². The maximum Gasteiger partial charge on any atom is 0.213 e. The van der Waals surface area contributed by atoms with E-state index in [0.717, 1.165) is 12.3 Å². The van der Waals surface area contributed by atoms with Gasteiger partial charge < -0.3 is 5.11 Å². The minimum absolute atomic E-state index is 0.183. The summed E-state index contributed by atoms with van der Waals surface area (Å²) >= 11 is 0. The van der Waals surface area contributed by atoms with Crippen molar-refractivity contribution in [2.24, 2.45) is 5.92 Å². The zero-order chi connectivity index (χ0) is 9.03. The molecule has 1 rings (SSSR count). The first-order chi connectivity index (χ1) is 5.64. The maximum absolute atomic E-state index is 11.0. The van der Waals surface area contributed by atoms with Gasteiger partial charge >= 0.3 is 0 Å². The van der Waals surface area contributed by atoms with Crippen LogP contribution < -0.4 is 4.72 Å². The average Bonchev–Trinajstić information content (AvgIpc) is 2.70. The van der Waals surface area contributed by atoms with Crippen LogP contribution in [0.25, 0.3) is 0 Å². The lowest BCUT2D eigenvalue weighted by molar-refractivity contribution is 0.319. The highest BCUT2D eigenvalue weighted by molar-refractivity contribution is 7.89. The molecule has 1 fully saturated rings. The van der Waals surface area contributed by atoms with Crippen LogP contribution in [0, 0.1) is 5.92 Å². The van der Waals surface area contributed by atoms with E-state index < -0.39 is 10.0 Å². The highest BCUT2D eigenvalue weighted by atomic mass is 32.2. The van der Waals surface area contributed by atoms with Gasteiger partial charge in [-0.15, -0.1) is 0 Å². The number of rotatable bonds is 6. The Kier molecular flexibility index (Phi) is 3.49. The first-order valence-electron chi connectivity index (χ1n) is 4.22. The van der Waals surface area contributed by atoms with Gasteiger partial charge in [0, 0.05) is 6.54 Å². The second-order valence-electron chi connectivity index (χ2n) is 3.17. The normalized spacial score (nSPS) is 18.1. The molecule has 72 valence electrons. The minimum atomic E-state index is -3.20. The van der Waals surface area contributed by atoms with Crippen LogP contribution in [0.5, 0.6) is 0 Å².